The molecule has 5 heteroatoms. The number of hydrogen-bond acceptors (Lipinski definition) is 3. The van der Waals surface area contributed by atoms with Crippen LogP contribution in [0.4, 0.5) is 0 Å². The minimum Gasteiger partial charge on any atom is -0.466 e. The second kappa shape index (κ2) is 7.49. The minimum absolute atomic E-state index is 0.114. The first-order valence-electron chi connectivity index (χ1n) is 7.90. The van der Waals surface area contributed by atoms with Gasteiger partial charge in [0.15, 0.2) is 0 Å². The lowest BCUT2D eigenvalue weighted by molar-refractivity contribution is -0.142. The largest absolute Gasteiger partial charge is 0.466 e. The first-order chi connectivity index (χ1) is 11.6. The third kappa shape index (κ3) is 3.55. The summed E-state index contributed by atoms with van der Waals surface area (Å²) >= 11 is 9.95. The maximum atomic E-state index is 12.0. The molecule has 3 rings (SSSR count). The number of esters is 1. The van der Waals surface area contributed by atoms with E-state index in [9.17, 15) is 4.79 Å². The molecule has 1 aliphatic rings. The molecule has 0 amide bonds. The molecule has 0 aliphatic heterocycles. The van der Waals surface area contributed by atoms with Crippen LogP contribution in [0.1, 0.15) is 25.3 Å². The standard InChI is InChI=1S/C19H17BrClNO2/c1-2-24-17(23)11-15-18(12-6-5-7-13(20)10-12)14-8-3-4-9-16(14)22-19(15)21/h5-10H,2-4,11H2,1H3. The molecule has 3 nitrogen and oxygen atoms in total. The van der Waals surface area contributed by atoms with Gasteiger partial charge in [0.25, 0.3) is 0 Å². The number of carbonyl (C=O) groups excluding carboxylic acids is 1. The number of rotatable bonds is 4. The highest BCUT2D eigenvalue weighted by atomic mass is 79.9. The van der Waals surface area contributed by atoms with Crippen molar-refractivity contribution in [3.05, 3.63) is 50.0 Å². The van der Waals surface area contributed by atoms with Crippen LogP contribution >= 0.6 is 27.5 Å². The number of pyridine rings is 1. The maximum absolute atomic E-state index is 12.0. The Morgan fingerprint density at radius 2 is 2.12 bits per heavy atom. The summed E-state index contributed by atoms with van der Waals surface area (Å²) in [6.07, 6.45) is 6.28. The highest BCUT2D eigenvalue weighted by molar-refractivity contribution is 9.10. The lowest BCUT2D eigenvalue weighted by Gasteiger charge is -2.15. The van der Waals surface area contributed by atoms with E-state index in [-0.39, 0.29) is 12.4 Å². The van der Waals surface area contributed by atoms with Crippen molar-refractivity contribution < 1.29 is 9.53 Å². The summed E-state index contributed by atoms with van der Waals surface area (Å²) in [6, 6.07) is 8.00. The third-order valence-electron chi connectivity index (χ3n) is 3.91. The predicted molar refractivity (Wildman–Crippen MR) is 100 cm³/mol. The van der Waals surface area contributed by atoms with E-state index in [1.54, 1.807) is 6.92 Å². The Morgan fingerprint density at radius 1 is 1.33 bits per heavy atom. The number of ether oxygens (including phenoxy) is 1. The van der Waals surface area contributed by atoms with E-state index in [2.05, 4.69) is 33.1 Å². The average Bonchev–Trinajstić information content (AvgIpc) is 2.55. The number of hydrogen-bond donors (Lipinski definition) is 0. The Hall–Kier alpha value is -1.65. The molecule has 124 valence electrons. The predicted octanol–water partition coefficient (Wildman–Crippen LogP) is 3.62. The SMILES string of the molecule is CCOC(=O)Cc1c(Cl)nc2c(c1-c1cccc(Br)c1)=CCCC=2. The van der Waals surface area contributed by atoms with E-state index >= 15 is 0 Å². The summed E-state index contributed by atoms with van der Waals surface area (Å²) < 4.78 is 6.08. The van der Waals surface area contributed by atoms with E-state index in [1.807, 2.05) is 24.3 Å². The third-order valence-corrected chi connectivity index (χ3v) is 4.71. The second-order valence-electron chi connectivity index (χ2n) is 5.53. The van der Waals surface area contributed by atoms with E-state index in [0.29, 0.717) is 11.8 Å². The number of carbonyl (C=O) groups is 1. The molecule has 2 aromatic rings. The first-order valence-corrected chi connectivity index (χ1v) is 9.07. The number of halogens is 2. The Labute approximate surface area is 154 Å². The van der Waals surface area contributed by atoms with Crippen molar-refractivity contribution in [3.63, 3.8) is 0 Å². The van der Waals surface area contributed by atoms with Crippen molar-refractivity contribution >= 4 is 45.7 Å². The van der Waals surface area contributed by atoms with Gasteiger partial charge in [0.1, 0.15) is 5.15 Å². The quantitative estimate of drug-likeness (QED) is 0.575. The fourth-order valence-electron chi connectivity index (χ4n) is 2.93. The van der Waals surface area contributed by atoms with Gasteiger partial charge in [-0.25, -0.2) is 4.98 Å². The van der Waals surface area contributed by atoms with Gasteiger partial charge in [-0.3, -0.25) is 4.79 Å². The van der Waals surface area contributed by atoms with E-state index in [4.69, 9.17) is 16.3 Å². The molecule has 0 bridgehead atoms. The second-order valence-corrected chi connectivity index (χ2v) is 6.81. The number of aromatic nitrogens is 1. The summed E-state index contributed by atoms with van der Waals surface area (Å²) in [4.78, 5) is 16.5. The molecule has 0 saturated carbocycles. The molecule has 0 N–H and O–H groups in total. The first kappa shape index (κ1) is 17.2. The fourth-order valence-corrected chi connectivity index (χ4v) is 3.58. The van der Waals surface area contributed by atoms with Gasteiger partial charge in [0.2, 0.25) is 0 Å². The van der Waals surface area contributed by atoms with Gasteiger partial charge in [-0.05, 0) is 43.0 Å². The van der Waals surface area contributed by atoms with Gasteiger partial charge in [0, 0.05) is 15.3 Å². The van der Waals surface area contributed by atoms with Crippen LogP contribution in [0, 0.1) is 0 Å². The Kier molecular flexibility index (Phi) is 5.36. The number of benzene rings is 1. The summed E-state index contributed by atoms with van der Waals surface area (Å²) in [5, 5.41) is 2.29. The van der Waals surface area contributed by atoms with Gasteiger partial charge in [-0.15, -0.1) is 0 Å². The fraction of sp³-hybridized carbons (Fsp3) is 0.263. The lowest BCUT2D eigenvalue weighted by Crippen LogP contribution is -2.34. The minimum atomic E-state index is -0.294. The molecule has 1 aromatic carbocycles. The molecule has 0 saturated heterocycles. The summed E-state index contributed by atoms with van der Waals surface area (Å²) in [6.45, 7) is 2.14. The van der Waals surface area contributed by atoms with Crippen LogP contribution in [0.2, 0.25) is 5.15 Å². The summed E-state index contributed by atoms with van der Waals surface area (Å²) in [5.74, 6) is -0.294. The van der Waals surface area contributed by atoms with Gasteiger partial charge < -0.3 is 4.74 Å². The van der Waals surface area contributed by atoms with Crippen molar-refractivity contribution in [1.29, 1.82) is 0 Å². The summed E-state index contributed by atoms with van der Waals surface area (Å²) in [7, 11) is 0. The van der Waals surface area contributed by atoms with Crippen molar-refractivity contribution in [2.75, 3.05) is 6.61 Å². The summed E-state index contributed by atoms with van der Waals surface area (Å²) in [5.41, 5.74) is 2.70. The Morgan fingerprint density at radius 3 is 2.88 bits per heavy atom. The van der Waals surface area contributed by atoms with Crippen LogP contribution in [0.15, 0.2) is 28.7 Å². The van der Waals surface area contributed by atoms with Crippen LogP contribution in [0.25, 0.3) is 23.3 Å². The monoisotopic (exact) mass is 405 g/mol. The molecular formula is C19H17BrClNO2. The molecule has 0 spiro atoms. The maximum Gasteiger partial charge on any atom is 0.310 e. The molecular weight excluding hydrogens is 390 g/mol. The van der Waals surface area contributed by atoms with Gasteiger partial charge in [-0.1, -0.05) is 51.8 Å². The molecule has 0 radical (unpaired) electrons. The number of nitrogens with zero attached hydrogens (tertiary/aromatic N) is 1. The van der Waals surface area contributed by atoms with Crippen molar-refractivity contribution in [2.45, 2.75) is 26.2 Å². The Balaban J connectivity index is 2.27. The normalized spacial score (nSPS) is 12.8. The molecule has 0 fully saturated rings. The van der Waals surface area contributed by atoms with Crippen LogP contribution < -0.4 is 10.6 Å². The molecule has 0 atom stereocenters. The molecule has 1 aliphatic carbocycles. The Bertz CT molecular complexity index is 908. The van der Waals surface area contributed by atoms with Crippen molar-refractivity contribution in [2.24, 2.45) is 0 Å². The zero-order valence-electron chi connectivity index (χ0n) is 13.3. The van der Waals surface area contributed by atoms with Crippen molar-refractivity contribution in [1.82, 2.24) is 4.98 Å². The highest BCUT2D eigenvalue weighted by Crippen LogP contribution is 2.27. The molecule has 0 unspecified atom stereocenters. The molecule has 1 aromatic heterocycles. The van der Waals surface area contributed by atoms with Crippen LogP contribution in [-0.4, -0.2) is 17.6 Å². The average molecular weight is 407 g/mol. The zero-order valence-corrected chi connectivity index (χ0v) is 15.7. The van der Waals surface area contributed by atoms with Gasteiger partial charge in [0.05, 0.1) is 18.4 Å². The van der Waals surface area contributed by atoms with Gasteiger partial charge in [-0.2, -0.15) is 0 Å². The molecule has 1 heterocycles. The van der Waals surface area contributed by atoms with E-state index in [0.717, 1.165) is 44.6 Å². The van der Waals surface area contributed by atoms with Crippen LogP contribution in [0.5, 0.6) is 0 Å². The highest BCUT2D eigenvalue weighted by Gasteiger charge is 2.18. The van der Waals surface area contributed by atoms with Gasteiger partial charge >= 0.3 is 5.97 Å². The zero-order chi connectivity index (χ0) is 17.1. The van der Waals surface area contributed by atoms with Crippen molar-refractivity contribution in [3.8, 4) is 11.1 Å². The van der Waals surface area contributed by atoms with Crippen LogP contribution in [0.3, 0.4) is 0 Å². The topological polar surface area (TPSA) is 39.2 Å². The molecule has 24 heavy (non-hydrogen) atoms. The van der Waals surface area contributed by atoms with E-state index in [1.165, 1.54) is 0 Å². The smallest absolute Gasteiger partial charge is 0.310 e. The number of fused-ring (bicyclic) bond motifs is 1. The van der Waals surface area contributed by atoms with E-state index < -0.39 is 0 Å². The van der Waals surface area contributed by atoms with Crippen LogP contribution in [-0.2, 0) is 16.0 Å². The lowest BCUT2D eigenvalue weighted by atomic mass is 9.95.